The van der Waals surface area contributed by atoms with Crippen LogP contribution in [0.3, 0.4) is 0 Å². The zero-order chi connectivity index (χ0) is 14.6. The lowest BCUT2D eigenvalue weighted by atomic mass is 9.96. The minimum absolute atomic E-state index is 0.497. The summed E-state index contributed by atoms with van der Waals surface area (Å²) in [6.07, 6.45) is 2.19. The number of hydrogen-bond donors (Lipinski definition) is 1. The number of benzene rings is 1. The molecule has 114 valence electrons. The van der Waals surface area contributed by atoms with Gasteiger partial charge < -0.3 is 14.8 Å². The van der Waals surface area contributed by atoms with E-state index in [2.05, 4.69) is 52.4 Å². The standard InChI is InChI=1S/C16H26BrNO2/c1-3-9-18-13-15(8-10-20-12-11-19-2)14-4-6-16(17)7-5-14/h4-7,15,18H,3,8-13H2,1-2H3. The van der Waals surface area contributed by atoms with Crippen molar-refractivity contribution in [3.05, 3.63) is 34.3 Å². The Kier molecular flexibility index (Phi) is 9.93. The summed E-state index contributed by atoms with van der Waals surface area (Å²) in [5.41, 5.74) is 1.37. The van der Waals surface area contributed by atoms with Gasteiger partial charge in [0.2, 0.25) is 0 Å². The van der Waals surface area contributed by atoms with Crippen LogP contribution in [0.25, 0.3) is 0 Å². The zero-order valence-electron chi connectivity index (χ0n) is 12.5. The van der Waals surface area contributed by atoms with Gasteiger partial charge in [0.25, 0.3) is 0 Å². The lowest BCUT2D eigenvalue weighted by molar-refractivity contribution is 0.0670. The number of ether oxygens (including phenoxy) is 2. The smallest absolute Gasteiger partial charge is 0.0700 e. The molecule has 4 heteroatoms. The molecule has 20 heavy (non-hydrogen) atoms. The van der Waals surface area contributed by atoms with Crippen LogP contribution in [0.1, 0.15) is 31.2 Å². The first-order valence-electron chi connectivity index (χ1n) is 7.30. The summed E-state index contributed by atoms with van der Waals surface area (Å²) in [4.78, 5) is 0. The summed E-state index contributed by atoms with van der Waals surface area (Å²) in [5, 5.41) is 3.51. The summed E-state index contributed by atoms with van der Waals surface area (Å²) < 4.78 is 11.7. The van der Waals surface area contributed by atoms with Gasteiger partial charge in [0, 0.05) is 24.7 Å². The number of rotatable bonds is 11. The SMILES string of the molecule is CCCNCC(CCOCCOC)c1ccc(Br)cc1. The molecule has 0 bridgehead atoms. The van der Waals surface area contributed by atoms with E-state index >= 15 is 0 Å². The molecule has 0 fully saturated rings. The van der Waals surface area contributed by atoms with Crippen LogP contribution in [0.5, 0.6) is 0 Å². The van der Waals surface area contributed by atoms with E-state index in [1.165, 1.54) is 5.56 Å². The number of halogens is 1. The third-order valence-electron chi connectivity index (χ3n) is 3.20. The molecular formula is C16H26BrNO2. The number of methoxy groups -OCH3 is 1. The molecule has 0 amide bonds. The first kappa shape index (κ1) is 17.6. The first-order valence-corrected chi connectivity index (χ1v) is 8.10. The fourth-order valence-electron chi connectivity index (χ4n) is 2.04. The molecule has 0 aliphatic rings. The molecule has 0 saturated carbocycles. The van der Waals surface area contributed by atoms with Gasteiger partial charge in [0.15, 0.2) is 0 Å². The molecule has 1 unspecified atom stereocenters. The molecule has 0 aliphatic carbocycles. The molecule has 1 aromatic rings. The maximum absolute atomic E-state index is 5.59. The highest BCUT2D eigenvalue weighted by molar-refractivity contribution is 9.10. The molecule has 1 atom stereocenters. The Hall–Kier alpha value is -0.420. The van der Waals surface area contributed by atoms with Gasteiger partial charge in [-0.05, 0) is 43.0 Å². The molecule has 3 nitrogen and oxygen atoms in total. The van der Waals surface area contributed by atoms with Gasteiger partial charge in [0.05, 0.1) is 13.2 Å². The van der Waals surface area contributed by atoms with Gasteiger partial charge in [-0.3, -0.25) is 0 Å². The number of nitrogens with one attached hydrogen (secondary N) is 1. The van der Waals surface area contributed by atoms with Crippen molar-refractivity contribution >= 4 is 15.9 Å². The Bertz CT molecular complexity index is 343. The zero-order valence-corrected chi connectivity index (χ0v) is 14.1. The topological polar surface area (TPSA) is 30.5 Å². The summed E-state index contributed by atoms with van der Waals surface area (Å²) in [5.74, 6) is 0.497. The lowest BCUT2D eigenvalue weighted by Gasteiger charge is -2.18. The van der Waals surface area contributed by atoms with E-state index in [1.54, 1.807) is 7.11 Å². The summed E-state index contributed by atoms with van der Waals surface area (Å²) in [7, 11) is 1.70. The minimum atomic E-state index is 0.497. The minimum Gasteiger partial charge on any atom is -0.382 e. The van der Waals surface area contributed by atoms with Gasteiger partial charge in [-0.15, -0.1) is 0 Å². The van der Waals surface area contributed by atoms with Crippen LogP contribution < -0.4 is 5.32 Å². The molecule has 1 rings (SSSR count). The molecule has 1 N–H and O–H groups in total. The van der Waals surface area contributed by atoms with Crippen molar-refractivity contribution in [3.8, 4) is 0 Å². The van der Waals surface area contributed by atoms with Crippen molar-refractivity contribution in [2.24, 2.45) is 0 Å². The van der Waals surface area contributed by atoms with Crippen LogP contribution in [-0.2, 0) is 9.47 Å². The monoisotopic (exact) mass is 343 g/mol. The highest BCUT2D eigenvalue weighted by Gasteiger charge is 2.11. The van der Waals surface area contributed by atoms with Crippen LogP contribution >= 0.6 is 15.9 Å². The summed E-state index contributed by atoms with van der Waals surface area (Å²) in [6.45, 7) is 6.37. The molecule has 0 spiro atoms. The van der Waals surface area contributed by atoms with Gasteiger partial charge in [-0.2, -0.15) is 0 Å². The summed E-state index contributed by atoms with van der Waals surface area (Å²) >= 11 is 3.49. The van der Waals surface area contributed by atoms with E-state index in [0.29, 0.717) is 19.1 Å². The fraction of sp³-hybridized carbons (Fsp3) is 0.625. The fourth-order valence-corrected chi connectivity index (χ4v) is 2.31. The Morgan fingerprint density at radius 1 is 1.15 bits per heavy atom. The van der Waals surface area contributed by atoms with E-state index in [1.807, 2.05) is 0 Å². The maximum atomic E-state index is 5.59. The van der Waals surface area contributed by atoms with Crippen molar-refractivity contribution in [2.45, 2.75) is 25.7 Å². The second-order valence-corrected chi connectivity index (χ2v) is 5.76. The average Bonchev–Trinajstić information content (AvgIpc) is 2.46. The van der Waals surface area contributed by atoms with Crippen LogP contribution in [0.15, 0.2) is 28.7 Å². The summed E-state index contributed by atoms with van der Waals surface area (Å²) in [6, 6.07) is 8.59. The molecule has 0 saturated heterocycles. The quantitative estimate of drug-likeness (QED) is 0.623. The van der Waals surface area contributed by atoms with Gasteiger partial charge >= 0.3 is 0 Å². The normalized spacial score (nSPS) is 12.6. The highest BCUT2D eigenvalue weighted by Crippen LogP contribution is 2.21. The van der Waals surface area contributed by atoms with E-state index in [4.69, 9.17) is 9.47 Å². The van der Waals surface area contributed by atoms with Crippen LogP contribution in [0.2, 0.25) is 0 Å². The van der Waals surface area contributed by atoms with Crippen LogP contribution in [-0.4, -0.2) is 40.0 Å². The first-order chi connectivity index (χ1) is 9.77. The van der Waals surface area contributed by atoms with Crippen molar-refractivity contribution in [2.75, 3.05) is 40.0 Å². The van der Waals surface area contributed by atoms with Gasteiger partial charge in [0.1, 0.15) is 0 Å². The second kappa shape index (κ2) is 11.3. The lowest BCUT2D eigenvalue weighted by Crippen LogP contribution is -2.23. The predicted molar refractivity (Wildman–Crippen MR) is 87.4 cm³/mol. The third-order valence-corrected chi connectivity index (χ3v) is 3.73. The molecule has 0 aromatic heterocycles. The Labute approximate surface area is 131 Å². The maximum Gasteiger partial charge on any atom is 0.0700 e. The molecular weight excluding hydrogens is 318 g/mol. The molecule has 0 aliphatic heterocycles. The number of hydrogen-bond acceptors (Lipinski definition) is 3. The Morgan fingerprint density at radius 3 is 2.55 bits per heavy atom. The Morgan fingerprint density at radius 2 is 1.90 bits per heavy atom. The van der Waals surface area contributed by atoms with Crippen molar-refractivity contribution in [1.29, 1.82) is 0 Å². The molecule has 1 aromatic carbocycles. The van der Waals surface area contributed by atoms with Crippen molar-refractivity contribution in [1.82, 2.24) is 5.32 Å². The third kappa shape index (κ3) is 7.39. The average molecular weight is 344 g/mol. The molecule has 0 radical (unpaired) electrons. The Balaban J connectivity index is 2.44. The van der Waals surface area contributed by atoms with Crippen molar-refractivity contribution < 1.29 is 9.47 Å². The van der Waals surface area contributed by atoms with Crippen LogP contribution in [0, 0.1) is 0 Å². The van der Waals surface area contributed by atoms with E-state index in [0.717, 1.165) is 37.0 Å². The second-order valence-electron chi connectivity index (χ2n) is 4.85. The highest BCUT2D eigenvalue weighted by atomic mass is 79.9. The predicted octanol–water partition coefficient (Wildman–Crippen LogP) is 3.59. The van der Waals surface area contributed by atoms with Crippen molar-refractivity contribution in [3.63, 3.8) is 0 Å². The van der Waals surface area contributed by atoms with Crippen LogP contribution in [0.4, 0.5) is 0 Å². The largest absolute Gasteiger partial charge is 0.382 e. The van der Waals surface area contributed by atoms with E-state index in [9.17, 15) is 0 Å². The van der Waals surface area contributed by atoms with Gasteiger partial charge in [-0.1, -0.05) is 35.0 Å². The van der Waals surface area contributed by atoms with Gasteiger partial charge in [-0.25, -0.2) is 0 Å². The molecule has 0 heterocycles. The van der Waals surface area contributed by atoms with E-state index in [-0.39, 0.29) is 0 Å². The van der Waals surface area contributed by atoms with E-state index < -0.39 is 0 Å².